The molecule has 0 radical (unpaired) electrons. The third-order valence-electron chi connectivity index (χ3n) is 4.01. The van der Waals surface area contributed by atoms with Gasteiger partial charge in [0.25, 0.3) is 0 Å². The maximum absolute atomic E-state index is 13.8. The fraction of sp³-hybridized carbons (Fsp3) is 0.368. The quantitative estimate of drug-likeness (QED) is 0.564. The summed E-state index contributed by atoms with van der Waals surface area (Å²) in [5, 5.41) is 2.69. The van der Waals surface area contributed by atoms with Crippen molar-refractivity contribution in [2.75, 3.05) is 20.4 Å². The minimum Gasteiger partial charge on any atom is -0.466 e. The monoisotopic (exact) mass is 383 g/mol. The number of carbonyl (C=O) groups excluding carboxylic acids is 2. The lowest BCUT2D eigenvalue weighted by atomic mass is 9.79. The topological polar surface area (TPSA) is 64.6 Å². The molecule has 27 heavy (non-hydrogen) atoms. The van der Waals surface area contributed by atoms with Crippen LogP contribution in [-0.2, 0) is 19.1 Å². The molecule has 8 heteroatoms. The molecule has 0 bridgehead atoms. The van der Waals surface area contributed by atoms with Crippen molar-refractivity contribution < 1.29 is 32.2 Å². The number of rotatable bonds is 6. The van der Waals surface area contributed by atoms with E-state index in [4.69, 9.17) is 9.47 Å². The zero-order valence-electron chi connectivity index (χ0n) is 15.1. The molecule has 0 fully saturated rings. The Balaban J connectivity index is 2.68. The van der Waals surface area contributed by atoms with Crippen molar-refractivity contribution in [2.24, 2.45) is 5.92 Å². The molecule has 0 spiro atoms. The normalized spacial score (nSPS) is 22.0. The first-order valence-electron chi connectivity index (χ1n) is 8.20. The Morgan fingerprint density at radius 2 is 2.19 bits per heavy atom. The zero-order valence-corrected chi connectivity index (χ0v) is 15.1. The van der Waals surface area contributed by atoms with Crippen LogP contribution in [0.5, 0.6) is 0 Å². The van der Waals surface area contributed by atoms with Crippen molar-refractivity contribution >= 4 is 11.9 Å². The molecule has 2 aliphatic heterocycles. The van der Waals surface area contributed by atoms with Gasteiger partial charge in [-0.15, -0.1) is 0 Å². The molecule has 0 aromatic heterocycles. The van der Waals surface area contributed by atoms with E-state index in [0.717, 1.165) is 13.2 Å². The fourth-order valence-corrected chi connectivity index (χ4v) is 2.97. The molecule has 146 valence electrons. The number of allylic oxidation sites excluding steroid dienone is 7. The van der Waals surface area contributed by atoms with E-state index < -0.39 is 36.5 Å². The molecule has 2 heterocycles. The predicted octanol–water partition coefficient (Wildman–Crippen LogP) is 3.13. The number of alkyl halides is 2. The summed E-state index contributed by atoms with van der Waals surface area (Å²) in [5.41, 5.74) is 0.308. The van der Waals surface area contributed by atoms with Gasteiger partial charge in [0.1, 0.15) is 19.5 Å². The summed E-state index contributed by atoms with van der Waals surface area (Å²) in [5.74, 6) is -3.16. The predicted molar refractivity (Wildman–Crippen MR) is 92.3 cm³/mol. The number of esters is 2. The molecule has 0 aromatic carbocycles. The van der Waals surface area contributed by atoms with Gasteiger partial charge in [-0.3, -0.25) is 0 Å². The fourth-order valence-electron chi connectivity index (χ4n) is 2.97. The van der Waals surface area contributed by atoms with Gasteiger partial charge in [-0.2, -0.15) is 0 Å². The SMILES string of the molecule is COC(=O)C1=C(CF)NC2=C(C(=O)OC2)[C@H]1C(=CC(C)F)/C=C\C=C(/C)F. The maximum Gasteiger partial charge on any atom is 0.337 e. The average molecular weight is 383 g/mol. The number of carbonyl (C=O) groups is 2. The molecule has 0 aliphatic carbocycles. The highest BCUT2D eigenvalue weighted by atomic mass is 19.1. The number of ether oxygens (including phenoxy) is 2. The van der Waals surface area contributed by atoms with Crippen LogP contribution in [0.2, 0.25) is 0 Å². The van der Waals surface area contributed by atoms with E-state index in [-0.39, 0.29) is 29.0 Å². The van der Waals surface area contributed by atoms with Crippen LogP contribution in [0.1, 0.15) is 13.8 Å². The lowest BCUT2D eigenvalue weighted by molar-refractivity contribution is -0.137. The molecule has 0 saturated carbocycles. The van der Waals surface area contributed by atoms with E-state index in [2.05, 4.69) is 5.32 Å². The smallest absolute Gasteiger partial charge is 0.337 e. The highest BCUT2D eigenvalue weighted by Crippen LogP contribution is 2.39. The van der Waals surface area contributed by atoms with E-state index in [1.165, 1.54) is 32.1 Å². The van der Waals surface area contributed by atoms with Crippen LogP contribution in [-0.4, -0.2) is 38.5 Å². The van der Waals surface area contributed by atoms with Crippen molar-refractivity contribution in [1.82, 2.24) is 5.32 Å². The Kier molecular flexibility index (Phi) is 6.65. The van der Waals surface area contributed by atoms with E-state index in [1.54, 1.807) is 0 Å². The van der Waals surface area contributed by atoms with Crippen LogP contribution in [0.15, 0.2) is 58.2 Å². The summed E-state index contributed by atoms with van der Waals surface area (Å²) in [6.07, 6.45) is 3.55. The Bertz CT molecular complexity index is 787. The van der Waals surface area contributed by atoms with Crippen LogP contribution in [0.4, 0.5) is 13.2 Å². The molecule has 2 aliphatic rings. The van der Waals surface area contributed by atoms with Crippen LogP contribution in [0.25, 0.3) is 0 Å². The molecule has 2 rings (SSSR count). The second-order valence-electron chi connectivity index (χ2n) is 6.00. The van der Waals surface area contributed by atoms with Crippen molar-refractivity contribution in [1.29, 1.82) is 0 Å². The Hall–Kier alpha value is -2.77. The number of hydrogen-bond acceptors (Lipinski definition) is 5. The summed E-state index contributed by atoms with van der Waals surface area (Å²) < 4.78 is 50.1. The third-order valence-corrected chi connectivity index (χ3v) is 4.01. The van der Waals surface area contributed by atoms with Crippen LogP contribution >= 0.6 is 0 Å². The minimum absolute atomic E-state index is 0.0742. The molecular formula is C19H20F3NO4. The zero-order chi connectivity index (χ0) is 20.1. The largest absolute Gasteiger partial charge is 0.466 e. The molecule has 0 saturated heterocycles. The summed E-state index contributed by atoms with van der Waals surface area (Å²) in [6.45, 7) is 1.34. The maximum atomic E-state index is 13.8. The van der Waals surface area contributed by atoms with Gasteiger partial charge in [-0.05, 0) is 31.6 Å². The number of hydrogen-bond donors (Lipinski definition) is 1. The summed E-state index contributed by atoms with van der Waals surface area (Å²) in [6, 6.07) is 0. The summed E-state index contributed by atoms with van der Waals surface area (Å²) in [7, 11) is 1.12. The lowest BCUT2D eigenvalue weighted by Crippen LogP contribution is -2.33. The van der Waals surface area contributed by atoms with Crippen molar-refractivity contribution in [2.45, 2.75) is 20.0 Å². The minimum atomic E-state index is -1.44. The second kappa shape index (κ2) is 8.75. The number of dihydropyridines is 1. The number of methoxy groups -OCH3 is 1. The van der Waals surface area contributed by atoms with Crippen molar-refractivity contribution in [3.8, 4) is 0 Å². The van der Waals surface area contributed by atoms with E-state index in [0.29, 0.717) is 5.70 Å². The molecule has 0 aromatic rings. The average Bonchev–Trinajstić information content (AvgIpc) is 2.98. The number of nitrogens with one attached hydrogen (secondary N) is 1. The van der Waals surface area contributed by atoms with Gasteiger partial charge in [0, 0.05) is 0 Å². The highest BCUT2D eigenvalue weighted by Gasteiger charge is 2.43. The Labute approximate surface area is 154 Å². The van der Waals surface area contributed by atoms with E-state index in [1.807, 2.05) is 0 Å². The van der Waals surface area contributed by atoms with Crippen molar-refractivity contribution in [3.63, 3.8) is 0 Å². The van der Waals surface area contributed by atoms with Crippen LogP contribution < -0.4 is 5.32 Å². The molecule has 0 amide bonds. The van der Waals surface area contributed by atoms with Crippen molar-refractivity contribution in [3.05, 3.63) is 58.2 Å². The van der Waals surface area contributed by atoms with Gasteiger partial charge in [-0.1, -0.05) is 12.2 Å². The van der Waals surface area contributed by atoms with Gasteiger partial charge in [0.05, 0.1) is 41.4 Å². The van der Waals surface area contributed by atoms with Gasteiger partial charge in [0.15, 0.2) is 0 Å². The van der Waals surface area contributed by atoms with Gasteiger partial charge >= 0.3 is 11.9 Å². The Morgan fingerprint density at radius 1 is 1.48 bits per heavy atom. The van der Waals surface area contributed by atoms with E-state index >= 15 is 0 Å². The number of cyclic esters (lactones) is 1. The third kappa shape index (κ3) is 4.50. The summed E-state index contributed by atoms with van der Waals surface area (Å²) >= 11 is 0. The first kappa shape index (κ1) is 20.5. The molecule has 5 nitrogen and oxygen atoms in total. The first-order chi connectivity index (χ1) is 12.8. The molecule has 1 N–H and O–H groups in total. The Morgan fingerprint density at radius 3 is 2.74 bits per heavy atom. The lowest BCUT2D eigenvalue weighted by Gasteiger charge is -2.28. The standard InChI is InChI=1S/C19H20F3NO4/c1-10(21)5-4-6-12(7-11(2)22)15-16(18(24)26-3)13(8-20)23-14-9-27-19(25)17(14)15/h4-7,11,15,23H,8-9H2,1-3H3/b6-4-,10-5+,12-7?/t11?,15-/m0/s1. The second-order valence-corrected chi connectivity index (χ2v) is 6.00. The van der Waals surface area contributed by atoms with E-state index in [9.17, 15) is 22.8 Å². The van der Waals surface area contributed by atoms with Gasteiger partial charge in [-0.25, -0.2) is 22.8 Å². The molecule has 2 atom stereocenters. The summed E-state index contributed by atoms with van der Waals surface area (Å²) in [4.78, 5) is 24.6. The van der Waals surface area contributed by atoms with Gasteiger partial charge in [0.2, 0.25) is 0 Å². The van der Waals surface area contributed by atoms with Crippen LogP contribution in [0.3, 0.4) is 0 Å². The molecule has 1 unspecified atom stereocenters. The molecular weight excluding hydrogens is 363 g/mol. The number of halogens is 3. The van der Waals surface area contributed by atoms with Gasteiger partial charge < -0.3 is 14.8 Å². The highest BCUT2D eigenvalue weighted by molar-refractivity contribution is 6.00. The first-order valence-corrected chi connectivity index (χ1v) is 8.20. The van der Waals surface area contributed by atoms with Crippen LogP contribution in [0, 0.1) is 5.92 Å².